The smallest absolute Gasteiger partial charge is 0.160 e. The lowest BCUT2D eigenvalue weighted by atomic mass is 9.89. The Kier molecular flexibility index (Phi) is 6.84. The normalized spacial score (nSPS) is 11.3. The number of aromatic nitrogens is 2. The molecule has 2 heteroatoms. The zero-order chi connectivity index (χ0) is 31.9. The highest BCUT2D eigenvalue weighted by Crippen LogP contribution is 2.40. The second kappa shape index (κ2) is 11.8. The third-order valence-electron chi connectivity index (χ3n) is 9.29. The number of hydrogen-bond donors (Lipinski definition) is 0. The minimum Gasteiger partial charge on any atom is -0.228 e. The van der Waals surface area contributed by atoms with Crippen LogP contribution in [0.3, 0.4) is 0 Å². The van der Waals surface area contributed by atoms with E-state index in [-0.39, 0.29) is 0 Å². The maximum absolute atomic E-state index is 5.00. The van der Waals surface area contributed by atoms with Gasteiger partial charge in [0.25, 0.3) is 0 Å². The number of benzene rings is 8. The summed E-state index contributed by atoms with van der Waals surface area (Å²) in [4.78, 5) is 9.94. The lowest BCUT2D eigenvalue weighted by molar-refractivity contribution is 1.18. The summed E-state index contributed by atoms with van der Waals surface area (Å²) in [5.74, 6) is 0.723. The zero-order valence-electron chi connectivity index (χ0n) is 26.2. The fraction of sp³-hybridized carbons (Fsp3) is 0. The molecule has 224 valence electrons. The molecule has 2 nitrogen and oxygen atoms in total. The highest BCUT2D eigenvalue weighted by molar-refractivity contribution is 6.20. The minimum atomic E-state index is 0.723. The van der Waals surface area contributed by atoms with Crippen molar-refractivity contribution in [3.63, 3.8) is 0 Å². The summed E-state index contributed by atoms with van der Waals surface area (Å²) in [7, 11) is 0. The van der Waals surface area contributed by atoms with Gasteiger partial charge >= 0.3 is 0 Å². The Bertz CT molecular complexity index is 2510. The van der Waals surface area contributed by atoms with Gasteiger partial charge in [-0.2, -0.15) is 0 Å². The van der Waals surface area contributed by atoms with E-state index >= 15 is 0 Å². The molecule has 0 unspecified atom stereocenters. The van der Waals surface area contributed by atoms with Crippen molar-refractivity contribution in [2.75, 3.05) is 0 Å². The van der Waals surface area contributed by atoms with Gasteiger partial charge in [0.15, 0.2) is 5.82 Å². The van der Waals surface area contributed by atoms with Crippen molar-refractivity contribution in [3.8, 4) is 56.2 Å². The van der Waals surface area contributed by atoms with Gasteiger partial charge in [0.2, 0.25) is 0 Å². The lowest BCUT2D eigenvalue weighted by Gasteiger charge is -2.14. The first-order chi connectivity index (χ1) is 23.8. The number of fused-ring (bicyclic) bond motifs is 4. The molecular weight excluding hydrogens is 581 g/mol. The van der Waals surface area contributed by atoms with Gasteiger partial charge in [0.05, 0.1) is 11.4 Å². The molecule has 48 heavy (non-hydrogen) atoms. The molecule has 1 heterocycles. The topological polar surface area (TPSA) is 25.8 Å². The Labute approximate surface area is 279 Å². The molecule has 0 saturated carbocycles. The van der Waals surface area contributed by atoms with Crippen molar-refractivity contribution in [2.24, 2.45) is 0 Å². The van der Waals surface area contributed by atoms with Gasteiger partial charge in [-0.3, -0.25) is 0 Å². The monoisotopic (exact) mass is 610 g/mol. The maximum atomic E-state index is 5.00. The Hall–Kier alpha value is -6.38. The predicted octanol–water partition coefficient (Wildman–Crippen LogP) is 12.3. The molecule has 0 amide bonds. The summed E-state index contributed by atoms with van der Waals surface area (Å²) in [5, 5.41) is 7.64. The van der Waals surface area contributed by atoms with Crippen LogP contribution in [0.1, 0.15) is 0 Å². The third-order valence-corrected chi connectivity index (χ3v) is 9.29. The maximum Gasteiger partial charge on any atom is 0.160 e. The molecule has 0 fully saturated rings. The zero-order valence-corrected chi connectivity index (χ0v) is 26.2. The minimum absolute atomic E-state index is 0.723. The van der Waals surface area contributed by atoms with Crippen molar-refractivity contribution in [2.45, 2.75) is 0 Å². The highest BCUT2D eigenvalue weighted by atomic mass is 14.9. The van der Waals surface area contributed by atoms with E-state index in [0.717, 1.165) is 33.9 Å². The molecule has 0 bridgehead atoms. The second-order valence-corrected chi connectivity index (χ2v) is 12.2. The Balaban J connectivity index is 1.09. The van der Waals surface area contributed by atoms with Crippen LogP contribution in [0.5, 0.6) is 0 Å². The molecule has 9 aromatic rings. The largest absolute Gasteiger partial charge is 0.228 e. The molecule has 8 aromatic carbocycles. The summed E-state index contributed by atoms with van der Waals surface area (Å²) in [6.45, 7) is 0. The van der Waals surface area contributed by atoms with Crippen LogP contribution in [0, 0.1) is 0 Å². The standard InChI is InChI=1S/C46H30N2/c1-3-12-34(13-4-1)43-30-44(48-46(47-43)37-14-5-2-6-15-37)35-23-19-31(20-24-35)32-21-25-36(26-22-32)45-40-18-10-8-16-38(40)29-42-39-17-9-7-11-33(39)27-28-41(42)45/h1-30H. The summed E-state index contributed by atoms with van der Waals surface area (Å²) < 4.78 is 0. The first-order valence-corrected chi connectivity index (χ1v) is 16.3. The van der Waals surface area contributed by atoms with Crippen LogP contribution in [0.25, 0.3) is 88.5 Å². The molecule has 0 aliphatic heterocycles. The number of rotatable bonds is 5. The van der Waals surface area contributed by atoms with Gasteiger partial charge in [-0.15, -0.1) is 0 Å². The molecule has 0 radical (unpaired) electrons. The van der Waals surface area contributed by atoms with Crippen LogP contribution >= 0.6 is 0 Å². The molecule has 0 spiro atoms. The quantitative estimate of drug-likeness (QED) is 0.143. The molecule has 0 N–H and O–H groups in total. The Morgan fingerprint density at radius 3 is 1.44 bits per heavy atom. The van der Waals surface area contributed by atoms with E-state index in [4.69, 9.17) is 9.97 Å². The van der Waals surface area contributed by atoms with E-state index in [1.807, 2.05) is 36.4 Å². The molecular formula is C46H30N2. The van der Waals surface area contributed by atoms with Crippen LogP contribution < -0.4 is 0 Å². The average Bonchev–Trinajstić information content (AvgIpc) is 3.17. The van der Waals surface area contributed by atoms with E-state index < -0.39 is 0 Å². The van der Waals surface area contributed by atoms with Crippen LogP contribution in [0.4, 0.5) is 0 Å². The van der Waals surface area contributed by atoms with E-state index in [9.17, 15) is 0 Å². The number of hydrogen-bond acceptors (Lipinski definition) is 2. The molecule has 0 aliphatic rings. The fourth-order valence-corrected chi connectivity index (χ4v) is 6.86. The van der Waals surface area contributed by atoms with Crippen LogP contribution in [0.2, 0.25) is 0 Å². The van der Waals surface area contributed by atoms with Gasteiger partial charge in [-0.1, -0.05) is 170 Å². The van der Waals surface area contributed by atoms with Gasteiger partial charge in [-0.05, 0) is 66.7 Å². The van der Waals surface area contributed by atoms with Gasteiger partial charge in [-0.25, -0.2) is 9.97 Å². The van der Waals surface area contributed by atoms with Crippen LogP contribution in [0.15, 0.2) is 182 Å². The predicted molar refractivity (Wildman–Crippen MR) is 202 cm³/mol. The fourth-order valence-electron chi connectivity index (χ4n) is 6.86. The number of nitrogens with zero attached hydrogens (tertiary/aromatic N) is 2. The molecule has 0 atom stereocenters. The van der Waals surface area contributed by atoms with E-state index in [1.165, 1.54) is 54.6 Å². The highest BCUT2D eigenvalue weighted by Gasteiger charge is 2.14. The second-order valence-electron chi connectivity index (χ2n) is 12.2. The lowest BCUT2D eigenvalue weighted by Crippen LogP contribution is -1.95. The first-order valence-electron chi connectivity index (χ1n) is 16.3. The summed E-state index contributed by atoms with van der Waals surface area (Å²) in [6, 6.07) is 64.6. The van der Waals surface area contributed by atoms with Gasteiger partial charge in [0.1, 0.15) is 0 Å². The Morgan fingerprint density at radius 2 is 0.771 bits per heavy atom. The summed E-state index contributed by atoms with van der Waals surface area (Å²) in [5.41, 5.74) is 9.79. The van der Waals surface area contributed by atoms with Crippen molar-refractivity contribution in [1.82, 2.24) is 9.97 Å². The molecule has 0 aliphatic carbocycles. The SMILES string of the molecule is c1ccc(-c2cc(-c3ccc(-c4ccc(-c5c6ccccc6cc6c5ccc5ccccc56)cc4)cc3)nc(-c3ccccc3)n2)cc1. The summed E-state index contributed by atoms with van der Waals surface area (Å²) >= 11 is 0. The van der Waals surface area contributed by atoms with Crippen molar-refractivity contribution in [3.05, 3.63) is 182 Å². The van der Waals surface area contributed by atoms with E-state index in [2.05, 4.69) is 146 Å². The third kappa shape index (κ3) is 5.01. The van der Waals surface area contributed by atoms with Crippen molar-refractivity contribution < 1.29 is 0 Å². The van der Waals surface area contributed by atoms with Gasteiger partial charge < -0.3 is 0 Å². The van der Waals surface area contributed by atoms with Crippen LogP contribution in [-0.4, -0.2) is 9.97 Å². The average molecular weight is 611 g/mol. The summed E-state index contributed by atoms with van der Waals surface area (Å²) in [6.07, 6.45) is 0. The van der Waals surface area contributed by atoms with E-state index in [0.29, 0.717) is 0 Å². The van der Waals surface area contributed by atoms with Gasteiger partial charge in [0, 0.05) is 16.7 Å². The van der Waals surface area contributed by atoms with Crippen LogP contribution in [-0.2, 0) is 0 Å². The Morgan fingerprint density at radius 1 is 0.271 bits per heavy atom. The first kappa shape index (κ1) is 27.9. The van der Waals surface area contributed by atoms with Crippen molar-refractivity contribution >= 4 is 32.3 Å². The van der Waals surface area contributed by atoms with E-state index in [1.54, 1.807) is 0 Å². The van der Waals surface area contributed by atoms with Crippen molar-refractivity contribution in [1.29, 1.82) is 0 Å². The molecule has 9 rings (SSSR count). The molecule has 1 aromatic heterocycles. The molecule has 0 saturated heterocycles.